The van der Waals surface area contributed by atoms with Crippen LogP contribution in [-0.4, -0.2) is 32.3 Å². The molecule has 7 nitrogen and oxygen atoms in total. The quantitative estimate of drug-likeness (QED) is 0.486. The number of carbonyl (C=O) groups is 1. The Kier molecular flexibility index (Phi) is 7.32. The average Bonchev–Trinajstić information content (AvgIpc) is 3.07. The van der Waals surface area contributed by atoms with Gasteiger partial charge < -0.3 is 24.2 Å². The van der Waals surface area contributed by atoms with Gasteiger partial charge in [0.2, 0.25) is 5.91 Å². The van der Waals surface area contributed by atoms with E-state index >= 15 is 0 Å². The molecule has 0 atom stereocenters. The van der Waals surface area contributed by atoms with Crippen molar-refractivity contribution in [2.45, 2.75) is 20.5 Å². The van der Waals surface area contributed by atoms with Crippen LogP contribution in [0.15, 0.2) is 40.9 Å². The molecule has 9 heteroatoms. The number of methoxy groups -OCH3 is 1. The summed E-state index contributed by atoms with van der Waals surface area (Å²) in [7, 11) is 4.58. The lowest BCUT2D eigenvalue weighted by atomic mass is 10.1. The monoisotopic (exact) mass is 457 g/mol. The molecule has 2 aromatic carbocycles. The summed E-state index contributed by atoms with van der Waals surface area (Å²) < 4.78 is 44.6. The fraction of sp³-hybridized carbons (Fsp3) is 0.250. The largest absolute Gasteiger partial charge is 0.493 e. The minimum absolute atomic E-state index is 0.0194. The molecule has 0 saturated heterocycles. The zero-order valence-electron chi connectivity index (χ0n) is 19.0. The molecular weight excluding hydrogens is 432 g/mol. The summed E-state index contributed by atoms with van der Waals surface area (Å²) in [5, 5.41) is 6.35. The highest BCUT2D eigenvalue weighted by Gasteiger charge is 2.14. The van der Waals surface area contributed by atoms with E-state index in [1.54, 1.807) is 24.3 Å². The van der Waals surface area contributed by atoms with Crippen molar-refractivity contribution < 1.29 is 27.6 Å². The molecule has 1 heterocycles. The maximum Gasteiger partial charge on any atom is 0.248 e. The van der Waals surface area contributed by atoms with E-state index in [1.807, 2.05) is 13.8 Å². The van der Waals surface area contributed by atoms with Gasteiger partial charge in [0.1, 0.15) is 18.1 Å². The normalized spacial score (nSPS) is 11.0. The van der Waals surface area contributed by atoms with Crippen molar-refractivity contribution in [2.75, 3.05) is 31.4 Å². The first kappa shape index (κ1) is 23.8. The Balaban J connectivity index is 1.67. The highest BCUT2D eigenvalue weighted by atomic mass is 19.1. The number of rotatable bonds is 8. The Morgan fingerprint density at radius 1 is 1.15 bits per heavy atom. The minimum atomic E-state index is -0.767. The van der Waals surface area contributed by atoms with Crippen LogP contribution in [0.4, 0.5) is 20.2 Å². The van der Waals surface area contributed by atoms with E-state index in [4.69, 9.17) is 14.0 Å². The predicted molar refractivity (Wildman–Crippen MR) is 122 cm³/mol. The molecule has 0 aliphatic heterocycles. The number of halogens is 2. The molecule has 0 unspecified atom stereocenters. The van der Waals surface area contributed by atoms with Crippen LogP contribution in [0.2, 0.25) is 0 Å². The number of anilines is 2. The van der Waals surface area contributed by atoms with Gasteiger partial charge in [-0.1, -0.05) is 11.2 Å². The van der Waals surface area contributed by atoms with Crippen LogP contribution in [0.5, 0.6) is 11.5 Å². The highest BCUT2D eigenvalue weighted by Crippen LogP contribution is 2.30. The molecule has 33 heavy (non-hydrogen) atoms. The van der Waals surface area contributed by atoms with Crippen molar-refractivity contribution in [3.05, 3.63) is 70.6 Å². The zero-order chi connectivity index (χ0) is 24.1. The van der Waals surface area contributed by atoms with Crippen LogP contribution in [0.3, 0.4) is 0 Å². The van der Waals surface area contributed by atoms with Crippen molar-refractivity contribution >= 4 is 23.4 Å². The molecule has 3 rings (SSSR count). The number of aryl methyl sites for hydroxylation is 2. The summed E-state index contributed by atoms with van der Waals surface area (Å²) in [6.45, 7) is 3.92. The number of hydrogen-bond donors (Lipinski definition) is 1. The van der Waals surface area contributed by atoms with Crippen molar-refractivity contribution in [3.8, 4) is 11.5 Å². The maximum absolute atomic E-state index is 14.1. The summed E-state index contributed by atoms with van der Waals surface area (Å²) in [4.78, 5) is 13.5. The number of nitrogens with one attached hydrogen (secondary N) is 1. The first-order chi connectivity index (χ1) is 15.7. The van der Waals surface area contributed by atoms with Gasteiger partial charge in [0, 0.05) is 25.9 Å². The standard InChI is InChI=1S/C24H25F2N3O4/c1-14-18(15(2)33-28-14)13-32-21-8-6-16(10-22(21)31-5)7-9-23(30)27-17-11-19(25)24(29(3)4)20(26)12-17/h6-12H,13H2,1-5H3,(H,27,30)/b9-7+. The molecule has 1 aromatic heterocycles. The van der Waals surface area contributed by atoms with Gasteiger partial charge in [-0.05, 0) is 49.8 Å². The molecule has 0 aliphatic rings. The molecule has 0 aliphatic carbocycles. The van der Waals surface area contributed by atoms with Crippen molar-refractivity contribution in [1.82, 2.24) is 5.16 Å². The molecule has 0 saturated carbocycles. The number of ether oxygens (including phenoxy) is 2. The van der Waals surface area contributed by atoms with Crippen LogP contribution in [-0.2, 0) is 11.4 Å². The number of aromatic nitrogens is 1. The molecule has 1 amide bonds. The second-order valence-electron chi connectivity index (χ2n) is 7.51. The third kappa shape index (κ3) is 5.68. The molecule has 0 fully saturated rings. The summed E-state index contributed by atoms with van der Waals surface area (Å²) in [5.41, 5.74) is 2.14. The molecule has 0 radical (unpaired) electrons. The Morgan fingerprint density at radius 3 is 2.42 bits per heavy atom. The van der Waals surface area contributed by atoms with Gasteiger partial charge in [-0.3, -0.25) is 4.79 Å². The SMILES string of the molecule is COc1cc(/C=C/C(=O)Nc2cc(F)c(N(C)C)c(F)c2)ccc1OCc1c(C)noc1C. The van der Waals surface area contributed by atoms with Gasteiger partial charge in [0.25, 0.3) is 0 Å². The van der Waals surface area contributed by atoms with Crippen LogP contribution in [0, 0.1) is 25.5 Å². The molecular formula is C24H25F2N3O4. The van der Waals surface area contributed by atoms with Crippen molar-refractivity contribution in [3.63, 3.8) is 0 Å². The van der Waals surface area contributed by atoms with E-state index in [0.29, 0.717) is 22.8 Å². The van der Waals surface area contributed by atoms with Gasteiger partial charge >= 0.3 is 0 Å². The Hall–Kier alpha value is -3.88. The molecule has 1 N–H and O–H groups in total. The highest BCUT2D eigenvalue weighted by molar-refractivity contribution is 6.02. The smallest absolute Gasteiger partial charge is 0.248 e. The average molecular weight is 457 g/mol. The first-order valence-electron chi connectivity index (χ1n) is 10.1. The molecule has 0 spiro atoms. The predicted octanol–water partition coefficient (Wildman–Crippen LogP) is 4.88. The molecule has 3 aromatic rings. The minimum Gasteiger partial charge on any atom is -0.493 e. The second-order valence-corrected chi connectivity index (χ2v) is 7.51. The summed E-state index contributed by atoms with van der Waals surface area (Å²) in [6.07, 6.45) is 2.81. The van der Waals surface area contributed by atoms with Crippen LogP contribution < -0.4 is 19.7 Å². The van der Waals surface area contributed by atoms with Gasteiger partial charge in [-0.2, -0.15) is 0 Å². The van der Waals surface area contributed by atoms with E-state index in [2.05, 4.69) is 10.5 Å². The van der Waals surface area contributed by atoms with Gasteiger partial charge in [0.05, 0.1) is 18.4 Å². The molecule has 174 valence electrons. The Labute approximate surface area is 190 Å². The lowest BCUT2D eigenvalue weighted by molar-refractivity contribution is -0.111. The number of nitrogens with zero attached hydrogens (tertiary/aromatic N) is 2. The first-order valence-corrected chi connectivity index (χ1v) is 10.1. The fourth-order valence-corrected chi connectivity index (χ4v) is 3.19. The third-order valence-electron chi connectivity index (χ3n) is 4.90. The Bertz CT molecular complexity index is 1150. The van der Waals surface area contributed by atoms with Crippen molar-refractivity contribution in [2.24, 2.45) is 0 Å². The lowest BCUT2D eigenvalue weighted by Crippen LogP contribution is -2.14. The van der Waals surface area contributed by atoms with Gasteiger partial charge in [0.15, 0.2) is 23.1 Å². The number of carbonyl (C=O) groups excluding carboxylic acids is 1. The maximum atomic E-state index is 14.1. The third-order valence-corrected chi connectivity index (χ3v) is 4.90. The number of benzene rings is 2. The zero-order valence-corrected chi connectivity index (χ0v) is 19.0. The lowest BCUT2D eigenvalue weighted by Gasteiger charge is -2.15. The van der Waals surface area contributed by atoms with Gasteiger partial charge in [-0.15, -0.1) is 0 Å². The van der Waals surface area contributed by atoms with E-state index < -0.39 is 17.5 Å². The number of hydrogen-bond acceptors (Lipinski definition) is 6. The van der Waals surface area contributed by atoms with E-state index in [0.717, 1.165) is 23.4 Å². The van der Waals surface area contributed by atoms with E-state index in [-0.39, 0.29) is 18.0 Å². The van der Waals surface area contributed by atoms with Crippen molar-refractivity contribution in [1.29, 1.82) is 0 Å². The van der Waals surface area contributed by atoms with E-state index in [9.17, 15) is 13.6 Å². The second kappa shape index (κ2) is 10.2. The summed E-state index contributed by atoms with van der Waals surface area (Å²) in [5.74, 6) is -0.386. The Morgan fingerprint density at radius 2 is 1.85 bits per heavy atom. The van der Waals surface area contributed by atoms with Crippen LogP contribution >= 0.6 is 0 Å². The fourth-order valence-electron chi connectivity index (χ4n) is 3.19. The van der Waals surface area contributed by atoms with Crippen LogP contribution in [0.25, 0.3) is 6.08 Å². The molecule has 0 bridgehead atoms. The van der Waals surface area contributed by atoms with Crippen LogP contribution in [0.1, 0.15) is 22.6 Å². The topological polar surface area (TPSA) is 76.8 Å². The summed E-state index contributed by atoms with van der Waals surface area (Å²) >= 11 is 0. The van der Waals surface area contributed by atoms with Gasteiger partial charge in [-0.25, -0.2) is 8.78 Å². The number of amides is 1. The summed E-state index contributed by atoms with van der Waals surface area (Å²) in [6, 6.07) is 7.31. The van der Waals surface area contributed by atoms with E-state index in [1.165, 1.54) is 32.2 Å².